The Hall–Kier alpha value is -8.41. The highest BCUT2D eigenvalue weighted by Crippen LogP contribution is 2.38. The van der Waals surface area contributed by atoms with Crippen molar-refractivity contribution in [2.75, 3.05) is 0 Å². The maximum absolute atomic E-state index is 6.15. The minimum Gasteiger partial charge on any atom is -0.456 e. The van der Waals surface area contributed by atoms with Crippen molar-refractivity contribution in [2.45, 2.75) is 0 Å². The van der Waals surface area contributed by atoms with Gasteiger partial charge in [-0.2, -0.15) is 0 Å². The summed E-state index contributed by atoms with van der Waals surface area (Å²) in [6.07, 6.45) is 0. The Morgan fingerprint density at radius 2 is 0.597 bits per heavy atom. The lowest BCUT2D eigenvalue weighted by Gasteiger charge is -2.14. The van der Waals surface area contributed by atoms with Gasteiger partial charge in [-0.3, -0.25) is 0 Å². The lowest BCUT2D eigenvalue weighted by atomic mass is 9.92. The van der Waals surface area contributed by atoms with E-state index in [9.17, 15) is 0 Å². The van der Waals surface area contributed by atoms with Crippen molar-refractivity contribution in [3.05, 3.63) is 212 Å². The van der Waals surface area contributed by atoms with Gasteiger partial charge in [0.05, 0.1) is 0 Å². The van der Waals surface area contributed by atoms with Crippen LogP contribution in [0.2, 0.25) is 0 Å². The van der Waals surface area contributed by atoms with Gasteiger partial charge in [0.2, 0.25) is 0 Å². The standard InChI is InChI=1S/C57H35N3O2/c1-3-13-36(14-4-1)45-28-25-44(35-48(45)37-15-5-2-6-16-37)57-59-55(42-19-11-17-38(31-42)40-26-29-53-49(33-40)46-21-7-9-23-51(46)61-53)58-56(60-57)43-20-12-18-39(32-43)41-27-30-54-50(34-41)47-22-8-10-24-52(47)62-54/h1-35H. The molecule has 12 rings (SSSR count). The van der Waals surface area contributed by atoms with Gasteiger partial charge in [-0.05, 0) is 99.1 Å². The summed E-state index contributed by atoms with van der Waals surface area (Å²) in [6.45, 7) is 0. The predicted molar refractivity (Wildman–Crippen MR) is 252 cm³/mol. The van der Waals surface area contributed by atoms with Gasteiger partial charge in [-0.15, -0.1) is 0 Å². The maximum atomic E-state index is 6.15. The molecule has 0 fully saturated rings. The van der Waals surface area contributed by atoms with Crippen molar-refractivity contribution in [1.29, 1.82) is 0 Å². The van der Waals surface area contributed by atoms with Crippen LogP contribution in [0.3, 0.4) is 0 Å². The van der Waals surface area contributed by atoms with Crippen molar-refractivity contribution in [3.8, 4) is 78.7 Å². The number of fused-ring (bicyclic) bond motifs is 6. The van der Waals surface area contributed by atoms with Crippen LogP contribution in [0.4, 0.5) is 0 Å². The molecule has 12 aromatic rings. The van der Waals surface area contributed by atoms with Gasteiger partial charge in [0.25, 0.3) is 0 Å². The Bertz CT molecular complexity index is 3470. The number of para-hydroxylation sites is 2. The van der Waals surface area contributed by atoms with E-state index >= 15 is 0 Å². The van der Waals surface area contributed by atoms with E-state index in [4.69, 9.17) is 23.8 Å². The van der Waals surface area contributed by atoms with E-state index in [-0.39, 0.29) is 0 Å². The van der Waals surface area contributed by atoms with Gasteiger partial charge in [-0.1, -0.05) is 158 Å². The molecule has 0 amide bonds. The second kappa shape index (κ2) is 14.7. The molecule has 0 N–H and O–H groups in total. The Morgan fingerprint density at radius 3 is 1.11 bits per heavy atom. The molecule has 0 bridgehead atoms. The molecule has 0 saturated carbocycles. The maximum Gasteiger partial charge on any atom is 0.164 e. The van der Waals surface area contributed by atoms with Gasteiger partial charge in [0, 0.05) is 38.2 Å². The Kier molecular flexibility index (Phi) is 8.42. The van der Waals surface area contributed by atoms with Crippen molar-refractivity contribution in [1.82, 2.24) is 15.0 Å². The summed E-state index contributed by atoms with van der Waals surface area (Å²) in [5.74, 6) is 1.77. The zero-order valence-corrected chi connectivity index (χ0v) is 33.4. The van der Waals surface area contributed by atoms with E-state index < -0.39 is 0 Å². The number of hydrogen-bond acceptors (Lipinski definition) is 5. The Labute approximate surface area is 357 Å². The fourth-order valence-electron chi connectivity index (χ4n) is 8.66. The van der Waals surface area contributed by atoms with Gasteiger partial charge in [0.1, 0.15) is 22.3 Å². The zero-order valence-electron chi connectivity index (χ0n) is 33.4. The van der Waals surface area contributed by atoms with Crippen LogP contribution in [-0.2, 0) is 0 Å². The molecule has 0 atom stereocenters. The number of aromatic nitrogens is 3. The van der Waals surface area contributed by atoms with E-state index in [1.165, 1.54) is 0 Å². The van der Waals surface area contributed by atoms with Gasteiger partial charge >= 0.3 is 0 Å². The molecule has 290 valence electrons. The van der Waals surface area contributed by atoms with E-state index in [0.717, 1.165) is 105 Å². The molecule has 9 aromatic carbocycles. The summed E-state index contributed by atoms with van der Waals surface area (Å²) < 4.78 is 12.3. The van der Waals surface area contributed by atoms with Gasteiger partial charge in [-0.25, -0.2) is 15.0 Å². The second-order valence-electron chi connectivity index (χ2n) is 15.6. The molecular weight excluding hydrogens is 759 g/mol. The lowest BCUT2D eigenvalue weighted by molar-refractivity contribution is 0.668. The second-order valence-corrected chi connectivity index (χ2v) is 15.6. The largest absolute Gasteiger partial charge is 0.456 e. The quantitative estimate of drug-likeness (QED) is 0.161. The van der Waals surface area contributed by atoms with E-state index in [1.54, 1.807) is 0 Å². The molecule has 0 aliphatic heterocycles. The molecule has 0 spiro atoms. The molecule has 5 nitrogen and oxygen atoms in total. The van der Waals surface area contributed by atoms with Crippen LogP contribution < -0.4 is 0 Å². The molecule has 0 aliphatic carbocycles. The van der Waals surface area contributed by atoms with E-state index in [1.807, 2.05) is 48.5 Å². The Balaban J connectivity index is 1.01. The highest BCUT2D eigenvalue weighted by molar-refractivity contribution is 6.07. The summed E-state index contributed by atoms with van der Waals surface area (Å²) in [4.78, 5) is 15.7. The van der Waals surface area contributed by atoms with Crippen LogP contribution >= 0.6 is 0 Å². The molecule has 0 radical (unpaired) electrons. The molecule has 3 aromatic heterocycles. The molecule has 0 aliphatic rings. The molecule has 0 saturated heterocycles. The first-order chi connectivity index (χ1) is 30.7. The number of benzene rings is 9. The van der Waals surface area contributed by atoms with Crippen LogP contribution in [0.5, 0.6) is 0 Å². The third kappa shape index (κ3) is 6.32. The highest BCUT2D eigenvalue weighted by Gasteiger charge is 2.18. The normalized spacial score (nSPS) is 11.5. The summed E-state index contributed by atoms with van der Waals surface area (Å²) >= 11 is 0. The van der Waals surface area contributed by atoms with Crippen molar-refractivity contribution in [2.24, 2.45) is 0 Å². The Morgan fingerprint density at radius 1 is 0.226 bits per heavy atom. The van der Waals surface area contributed by atoms with Crippen LogP contribution in [0.25, 0.3) is 123 Å². The topological polar surface area (TPSA) is 65.0 Å². The first-order valence-electron chi connectivity index (χ1n) is 20.7. The van der Waals surface area contributed by atoms with Crippen LogP contribution in [-0.4, -0.2) is 15.0 Å². The molecule has 0 unspecified atom stereocenters. The van der Waals surface area contributed by atoms with Crippen LogP contribution in [0.15, 0.2) is 221 Å². The van der Waals surface area contributed by atoms with Crippen LogP contribution in [0.1, 0.15) is 0 Å². The van der Waals surface area contributed by atoms with Crippen molar-refractivity contribution in [3.63, 3.8) is 0 Å². The lowest BCUT2D eigenvalue weighted by Crippen LogP contribution is -2.01. The fourth-order valence-corrected chi connectivity index (χ4v) is 8.66. The summed E-state index contributed by atoms with van der Waals surface area (Å²) in [7, 11) is 0. The minimum atomic E-state index is 0.590. The van der Waals surface area contributed by atoms with E-state index in [2.05, 4.69) is 164 Å². The predicted octanol–water partition coefficient (Wildman–Crippen LogP) is 15.3. The van der Waals surface area contributed by atoms with Gasteiger partial charge < -0.3 is 8.83 Å². The average Bonchev–Trinajstić information content (AvgIpc) is 3.92. The van der Waals surface area contributed by atoms with Crippen molar-refractivity contribution >= 4 is 43.9 Å². The molecule has 3 heterocycles. The number of rotatable bonds is 7. The van der Waals surface area contributed by atoms with E-state index in [0.29, 0.717) is 17.5 Å². The van der Waals surface area contributed by atoms with Crippen molar-refractivity contribution < 1.29 is 8.83 Å². The summed E-state index contributed by atoms with van der Waals surface area (Å²) in [6, 6.07) is 73.5. The molecule has 5 heteroatoms. The highest BCUT2D eigenvalue weighted by atomic mass is 16.3. The summed E-state index contributed by atoms with van der Waals surface area (Å²) in [5, 5.41) is 4.36. The third-order valence-corrected chi connectivity index (χ3v) is 11.7. The first kappa shape index (κ1) is 35.5. The smallest absolute Gasteiger partial charge is 0.164 e. The van der Waals surface area contributed by atoms with Crippen LogP contribution in [0, 0.1) is 0 Å². The fraction of sp³-hybridized carbons (Fsp3) is 0. The monoisotopic (exact) mass is 793 g/mol. The number of furan rings is 2. The number of nitrogens with zero attached hydrogens (tertiary/aromatic N) is 3. The summed E-state index contributed by atoms with van der Waals surface area (Å²) in [5.41, 5.74) is 15.0. The molecule has 62 heavy (non-hydrogen) atoms. The molecular formula is C57H35N3O2. The minimum absolute atomic E-state index is 0.590. The zero-order chi connectivity index (χ0) is 41.0. The third-order valence-electron chi connectivity index (χ3n) is 11.7. The first-order valence-corrected chi connectivity index (χ1v) is 20.7. The number of hydrogen-bond donors (Lipinski definition) is 0. The SMILES string of the molecule is c1ccc(-c2ccc(-c3nc(-c4cccc(-c5ccc6oc7ccccc7c6c5)c4)nc(-c4cccc(-c5ccc6oc7ccccc7c6c5)c4)n3)cc2-c2ccccc2)cc1. The average molecular weight is 794 g/mol. The van der Waals surface area contributed by atoms with Gasteiger partial charge in [0.15, 0.2) is 17.5 Å².